The van der Waals surface area contributed by atoms with E-state index < -0.39 is 73.3 Å². The lowest BCUT2D eigenvalue weighted by Gasteiger charge is -2.44. The van der Waals surface area contributed by atoms with Crippen LogP contribution in [0, 0.1) is 0 Å². The average Bonchev–Trinajstić information content (AvgIpc) is 2.55. The first-order valence-corrected chi connectivity index (χ1v) is 8.58. The number of aliphatic hydroxyl groups excluding tert-OH is 1. The smallest absolute Gasteiger partial charge is 0.303 e. The van der Waals surface area contributed by atoms with Crippen molar-refractivity contribution in [3.8, 4) is 0 Å². The maximum atomic E-state index is 11.6. The molecule has 1 fully saturated rings. The van der Waals surface area contributed by atoms with Gasteiger partial charge in [0, 0.05) is 34.6 Å². The van der Waals surface area contributed by atoms with Crippen LogP contribution >= 0.6 is 0 Å². The fraction of sp³-hybridized carbons (Fsp3) is 0.706. The van der Waals surface area contributed by atoms with Gasteiger partial charge in [-0.2, -0.15) is 0 Å². The van der Waals surface area contributed by atoms with Gasteiger partial charge in [0.15, 0.2) is 30.7 Å². The number of hydrogen-bond acceptors (Lipinski definition) is 12. The van der Waals surface area contributed by atoms with Crippen LogP contribution in [-0.2, 0) is 52.4 Å². The van der Waals surface area contributed by atoms with E-state index in [4.69, 9.17) is 28.4 Å². The summed E-state index contributed by atoms with van der Waals surface area (Å²) in [5.41, 5.74) is 0. The molecule has 0 saturated carbocycles. The first kappa shape index (κ1) is 24.3. The lowest BCUT2D eigenvalue weighted by molar-refractivity contribution is -0.306. The minimum Gasteiger partial charge on any atom is -0.462 e. The summed E-state index contributed by atoms with van der Waals surface area (Å²) in [6, 6.07) is 0. The van der Waals surface area contributed by atoms with Gasteiger partial charge in [-0.1, -0.05) is 0 Å². The van der Waals surface area contributed by atoms with E-state index in [-0.39, 0.29) is 0 Å². The number of ether oxygens (including phenoxy) is 6. The van der Waals surface area contributed by atoms with Gasteiger partial charge in [-0.15, -0.1) is 0 Å². The van der Waals surface area contributed by atoms with Crippen molar-refractivity contribution >= 4 is 29.8 Å². The second kappa shape index (κ2) is 10.7. The molecule has 1 aliphatic heterocycles. The van der Waals surface area contributed by atoms with E-state index in [1.807, 2.05) is 0 Å². The highest BCUT2D eigenvalue weighted by Crippen LogP contribution is 2.30. The Hall–Kier alpha value is -2.73. The van der Waals surface area contributed by atoms with E-state index in [9.17, 15) is 29.1 Å². The first-order valence-electron chi connectivity index (χ1n) is 8.58. The van der Waals surface area contributed by atoms with Gasteiger partial charge in [0.25, 0.3) is 0 Å². The molecule has 0 spiro atoms. The number of carbonyl (C=O) groups is 5. The zero-order chi connectivity index (χ0) is 22.3. The lowest BCUT2D eigenvalue weighted by Crippen LogP contribution is -2.64. The molecule has 0 aliphatic carbocycles. The first-order chi connectivity index (χ1) is 13.4. The van der Waals surface area contributed by atoms with E-state index >= 15 is 0 Å². The highest BCUT2D eigenvalue weighted by molar-refractivity contribution is 5.69. The summed E-state index contributed by atoms with van der Waals surface area (Å²) >= 11 is 0. The Balaban J connectivity index is 3.34. The summed E-state index contributed by atoms with van der Waals surface area (Å²) in [5.74, 6) is -3.97. The van der Waals surface area contributed by atoms with Gasteiger partial charge < -0.3 is 33.5 Å². The molecule has 0 unspecified atom stereocenters. The third-order valence-electron chi connectivity index (χ3n) is 3.59. The van der Waals surface area contributed by atoms with Crippen LogP contribution in [0.4, 0.5) is 0 Å². The summed E-state index contributed by atoms with van der Waals surface area (Å²) in [6.07, 6.45) is -9.10. The number of rotatable bonds is 7. The van der Waals surface area contributed by atoms with E-state index in [2.05, 4.69) is 0 Å². The molecule has 0 aromatic heterocycles. The molecule has 1 saturated heterocycles. The predicted molar refractivity (Wildman–Crippen MR) is 89.7 cm³/mol. The molecule has 1 aliphatic rings. The van der Waals surface area contributed by atoms with Crippen LogP contribution in [0.25, 0.3) is 0 Å². The molecule has 12 nitrogen and oxygen atoms in total. The van der Waals surface area contributed by atoms with Gasteiger partial charge in [-0.25, -0.2) is 0 Å². The van der Waals surface area contributed by atoms with Crippen LogP contribution in [0.2, 0.25) is 0 Å². The second-order valence-electron chi connectivity index (χ2n) is 6.16. The zero-order valence-electron chi connectivity index (χ0n) is 16.6. The molecule has 0 aromatic carbocycles. The van der Waals surface area contributed by atoms with E-state index in [1.54, 1.807) is 0 Å². The number of aliphatic hydroxyl groups is 1. The van der Waals surface area contributed by atoms with Gasteiger partial charge in [0.05, 0.1) is 0 Å². The highest BCUT2D eigenvalue weighted by atomic mass is 16.7. The zero-order valence-corrected chi connectivity index (χ0v) is 16.6. The van der Waals surface area contributed by atoms with Crippen molar-refractivity contribution in [2.45, 2.75) is 71.4 Å². The van der Waals surface area contributed by atoms with Crippen LogP contribution in [0.3, 0.4) is 0 Å². The normalized spacial score (nSPS) is 27.2. The number of esters is 5. The lowest BCUT2D eigenvalue weighted by atomic mass is 9.94. The Morgan fingerprint density at radius 3 is 1.69 bits per heavy atom. The van der Waals surface area contributed by atoms with Crippen LogP contribution < -0.4 is 0 Å². The van der Waals surface area contributed by atoms with Crippen molar-refractivity contribution in [3.63, 3.8) is 0 Å². The highest BCUT2D eigenvalue weighted by Gasteiger charge is 2.54. The van der Waals surface area contributed by atoms with E-state index in [1.165, 1.54) is 0 Å². The van der Waals surface area contributed by atoms with Crippen molar-refractivity contribution in [2.24, 2.45) is 0 Å². The van der Waals surface area contributed by atoms with Crippen LogP contribution in [0.15, 0.2) is 0 Å². The molecule has 0 radical (unpaired) electrons. The molecule has 0 bridgehead atoms. The summed E-state index contributed by atoms with van der Waals surface area (Å²) in [4.78, 5) is 57.2. The minimum absolute atomic E-state index is 0.505. The monoisotopic (exact) mass is 420 g/mol. The Kier molecular flexibility index (Phi) is 8.98. The standard InChI is InChI=1S/C17H24O12/c1-7(18)24-6-12(25-8(2)19)13-14(26-9(3)20)15(27-10(4)21)16(17(23)29-13)28-11(5)22/h12-17,23H,6H2,1-5H3/t12-,13-,14-,15+,16-,17-/m1/s1. The number of hydrogen-bond donors (Lipinski definition) is 1. The third kappa shape index (κ3) is 7.66. The molecule has 0 amide bonds. The van der Waals surface area contributed by atoms with Crippen LogP contribution in [0.5, 0.6) is 0 Å². The van der Waals surface area contributed by atoms with Gasteiger partial charge in [0.2, 0.25) is 0 Å². The molecule has 1 heterocycles. The largest absolute Gasteiger partial charge is 0.462 e. The Labute approximate surface area is 166 Å². The number of carbonyl (C=O) groups excluding carboxylic acids is 5. The van der Waals surface area contributed by atoms with Crippen molar-refractivity contribution in [2.75, 3.05) is 6.61 Å². The second-order valence-corrected chi connectivity index (χ2v) is 6.16. The molecule has 29 heavy (non-hydrogen) atoms. The van der Waals surface area contributed by atoms with Crippen molar-refractivity contribution in [1.82, 2.24) is 0 Å². The van der Waals surface area contributed by atoms with Crippen molar-refractivity contribution in [3.05, 3.63) is 0 Å². The molecule has 12 heteroatoms. The maximum absolute atomic E-state index is 11.6. The van der Waals surface area contributed by atoms with Gasteiger partial charge in [-0.05, 0) is 0 Å². The van der Waals surface area contributed by atoms with E-state index in [0.717, 1.165) is 34.6 Å². The molecular weight excluding hydrogens is 396 g/mol. The Morgan fingerprint density at radius 2 is 1.24 bits per heavy atom. The van der Waals surface area contributed by atoms with Crippen LogP contribution in [0.1, 0.15) is 34.6 Å². The molecular formula is C17H24O12. The maximum Gasteiger partial charge on any atom is 0.303 e. The quantitative estimate of drug-likeness (QED) is 0.395. The predicted octanol–water partition coefficient (Wildman–Crippen LogP) is -1.01. The van der Waals surface area contributed by atoms with Gasteiger partial charge >= 0.3 is 29.8 Å². The summed E-state index contributed by atoms with van der Waals surface area (Å²) in [5, 5.41) is 10.3. The van der Waals surface area contributed by atoms with Crippen molar-refractivity contribution < 1.29 is 57.5 Å². The summed E-state index contributed by atoms with van der Waals surface area (Å²) in [6.45, 7) is 4.84. The fourth-order valence-corrected chi connectivity index (χ4v) is 2.73. The summed E-state index contributed by atoms with van der Waals surface area (Å²) in [7, 11) is 0. The van der Waals surface area contributed by atoms with Crippen molar-refractivity contribution in [1.29, 1.82) is 0 Å². The molecule has 6 atom stereocenters. The Morgan fingerprint density at radius 1 is 0.759 bits per heavy atom. The summed E-state index contributed by atoms with van der Waals surface area (Å²) < 4.78 is 30.5. The van der Waals surface area contributed by atoms with Gasteiger partial charge in [0.1, 0.15) is 12.7 Å². The minimum atomic E-state index is -1.84. The third-order valence-corrected chi connectivity index (χ3v) is 3.59. The van der Waals surface area contributed by atoms with Crippen LogP contribution in [-0.4, -0.2) is 78.4 Å². The SMILES string of the molecule is CC(=O)OC[C@@H](OC(C)=O)[C@H]1O[C@@H](O)[C@H](OC(C)=O)[C@@H](OC(C)=O)[C@@H]1OC(C)=O. The molecule has 1 rings (SSSR count). The van der Waals surface area contributed by atoms with E-state index in [0.29, 0.717) is 0 Å². The molecule has 0 aromatic rings. The fourth-order valence-electron chi connectivity index (χ4n) is 2.73. The average molecular weight is 420 g/mol. The topological polar surface area (TPSA) is 161 Å². The molecule has 1 N–H and O–H groups in total. The molecule has 164 valence electrons. The Bertz CT molecular complexity index is 644. The van der Waals surface area contributed by atoms with Gasteiger partial charge in [-0.3, -0.25) is 24.0 Å².